The van der Waals surface area contributed by atoms with Crippen molar-refractivity contribution in [3.8, 4) is 0 Å². The van der Waals surface area contributed by atoms with E-state index in [2.05, 4.69) is 0 Å². The van der Waals surface area contributed by atoms with Crippen molar-refractivity contribution in [3.05, 3.63) is 0 Å². The van der Waals surface area contributed by atoms with Gasteiger partial charge in [0.15, 0.2) is 6.10 Å². The van der Waals surface area contributed by atoms with Crippen molar-refractivity contribution in [1.82, 2.24) is 0 Å². The Morgan fingerprint density at radius 1 is 0.792 bits per heavy atom. The topological polar surface area (TPSA) is 114 Å². The molecule has 1 saturated heterocycles. The summed E-state index contributed by atoms with van der Waals surface area (Å²) in [7, 11) is 0. The van der Waals surface area contributed by atoms with E-state index in [1.165, 1.54) is 27.7 Å². The average molecular weight is 346 g/mol. The Morgan fingerprint density at radius 3 is 1.75 bits per heavy atom. The molecule has 1 aliphatic heterocycles. The second kappa shape index (κ2) is 8.62. The molecule has 1 aliphatic rings. The van der Waals surface area contributed by atoms with Crippen LogP contribution in [-0.4, -0.2) is 55.1 Å². The highest BCUT2D eigenvalue weighted by atomic mass is 16.7. The van der Waals surface area contributed by atoms with Gasteiger partial charge in [0.25, 0.3) is 0 Å². The predicted molar refractivity (Wildman–Crippen MR) is 77.3 cm³/mol. The Kier molecular flexibility index (Phi) is 7.15. The minimum absolute atomic E-state index is 0.254. The second-order valence-corrected chi connectivity index (χ2v) is 5.46. The summed E-state index contributed by atoms with van der Waals surface area (Å²) in [6.45, 7) is 6.18. The van der Waals surface area contributed by atoms with Crippen molar-refractivity contribution >= 4 is 23.9 Å². The third-order valence-electron chi connectivity index (χ3n) is 3.28. The summed E-state index contributed by atoms with van der Waals surface area (Å²) in [5.41, 5.74) is 0. The third kappa shape index (κ3) is 5.80. The fourth-order valence-corrected chi connectivity index (χ4v) is 2.37. The van der Waals surface area contributed by atoms with E-state index in [1.54, 1.807) is 6.92 Å². The van der Waals surface area contributed by atoms with Crippen LogP contribution in [0, 0.1) is 5.92 Å². The van der Waals surface area contributed by atoms with Crippen molar-refractivity contribution in [2.75, 3.05) is 6.61 Å². The standard InChI is InChI=1S/C15H22O9/c1-7-13(21-9(3)17)14(22-10(4)18)12(6-20-8(2)16)24-15(7)23-11(5)19/h7,12-15H,6H2,1-5H3/t7-,12-,13?,14?,15?/m1/s1. The van der Waals surface area contributed by atoms with Gasteiger partial charge in [0.1, 0.15) is 18.8 Å². The van der Waals surface area contributed by atoms with Crippen molar-refractivity contribution < 1.29 is 42.9 Å². The van der Waals surface area contributed by atoms with Gasteiger partial charge in [0.2, 0.25) is 6.29 Å². The molecule has 0 aromatic rings. The smallest absolute Gasteiger partial charge is 0.304 e. The molecule has 0 N–H and O–H groups in total. The van der Waals surface area contributed by atoms with Crippen LogP contribution in [0.1, 0.15) is 34.6 Å². The molecule has 24 heavy (non-hydrogen) atoms. The summed E-state index contributed by atoms with van der Waals surface area (Å²) in [4.78, 5) is 45.1. The highest BCUT2D eigenvalue weighted by molar-refractivity contribution is 5.68. The lowest BCUT2D eigenvalue weighted by molar-refractivity contribution is -0.281. The summed E-state index contributed by atoms with van der Waals surface area (Å²) >= 11 is 0. The van der Waals surface area contributed by atoms with Gasteiger partial charge in [-0.3, -0.25) is 19.2 Å². The zero-order chi connectivity index (χ0) is 18.4. The van der Waals surface area contributed by atoms with Crippen LogP contribution in [0.2, 0.25) is 0 Å². The van der Waals surface area contributed by atoms with Gasteiger partial charge in [-0.25, -0.2) is 0 Å². The number of carbonyl (C=O) groups is 4. The van der Waals surface area contributed by atoms with E-state index in [0.29, 0.717) is 0 Å². The van der Waals surface area contributed by atoms with E-state index in [9.17, 15) is 19.2 Å². The molecule has 9 heteroatoms. The number of esters is 4. The quantitative estimate of drug-likeness (QED) is 0.513. The molecule has 0 saturated carbocycles. The van der Waals surface area contributed by atoms with Gasteiger partial charge in [-0.05, 0) is 0 Å². The highest BCUT2D eigenvalue weighted by Crippen LogP contribution is 2.31. The van der Waals surface area contributed by atoms with Crippen LogP contribution in [0.25, 0.3) is 0 Å². The van der Waals surface area contributed by atoms with Crippen LogP contribution in [0.15, 0.2) is 0 Å². The summed E-state index contributed by atoms with van der Waals surface area (Å²) in [5.74, 6) is -2.97. The summed E-state index contributed by atoms with van der Waals surface area (Å²) < 4.78 is 26.0. The maximum atomic E-state index is 11.4. The number of hydrogen-bond donors (Lipinski definition) is 0. The molecule has 5 atom stereocenters. The third-order valence-corrected chi connectivity index (χ3v) is 3.28. The second-order valence-electron chi connectivity index (χ2n) is 5.46. The van der Waals surface area contributed by atoms with Crippen LogP contribution >= 0.6 is 0 Å². The van der Waals surface area contributed by atoms with E-state index in [0.717, 1.165) is 0 Å². The van der Waals surface area contributed by atoms with E-state index in [1.807, 2.05) is 0 Å². The Morgan fingerprint density at radius 2 is 1.29 bits per heavy atom. The van der Waals surface area contributed by atoms with Crippen LogP contribution in [0.4, 0.5) is 0 Å². The van der Waals surface area contributed by atoms with E-state index < -0.39 is 54.4 Å². The van der Waals surface area contributed by atoms with Gasteiger partial charge < -0.3 is 23.7 Å². The van der Waals surface area contributed by atoms with Crippen LogP contribution < -0.4 is 0 Å². The maximum absolute atomic E-state index is 11.4. The zero-order valence-corrected chi connectivity index (χ0v) is 14.3. The first-order valence-electron chi connectivity index (χ1n) is 7.42. The average Bonchev–Trinajstić information content (AvgIpc) is 2.42. The lowest BCUT2D eigenvalue weighted by Gasteiger charge is -2.43. The molecule has 1 rings (SSSR count). The van der Waals surface area contributed by atoms with Gasteiger partial charge in [0, 0.05) is 27.7 Å². The summed E-state index contributed by atoms with van der Waals surface area (Å²) in [5, 5.41) is 0. The van der Waals surface area contributed by atoms with Crippen molar-refractivity contribution in [2.24, 2.45) is 5.92 Å². The molecule has 0 radical (unpaired) electrons. The zero-order valence-electron chi connectivity index (χ0n) is 14.3. The summed E-state index contributed by atoms with van der Waals surface area (Å²) in [6.07, 6.45) is -3.93. The molecular weight excluding hydrogens is 324 g/mol. The lowest BCUT2D eigenvalue weighted by atomic mass is 9.92. The normalized spacial score (nSPS) is 29.3. The minimum Gasteiger partial charge on any atom is -0.463 e. The molecule has 0 spiro atoms. The van der Waals surface area contributed by atoms with Crippen LogP contribution in [0.5, 0.6) is 0 Å². The van der Waals surface area contributed by atoms with E-state index in [-0.39, 0.29) is 6.61 Å². The largest absolute Gasteiger partial charge is 0.463 e. The molecule has 0 amide bonds. The van der Waals surface area contributed by atoms with Gasteiger partial charge >= 0.3 is 23.9 Å². The Labute approximate surface area is 139 Å². The summed E-state index contributed by atoms with van der Waals surface area (Å²) in [6, 6.07) is 0. The molecular formula is C15H22O9. The number of ether oxygens (including phenoxy) is 5. The lowest BCUT2D eigenvalue weighted by Crippen LogP contribution is -2.58. The Hall–Kier alpha value is -2.16. The molecule has 0 aromatic carbocycles. The minimum atomic E-state index is -1.04. The van der Waals surface area contributed by atoms with Crippen molar-refractivity contribution in [1.29, 1.82) is 0 Å². The molecule has 9 nitrogen and oxygen atoms in total. The predicted octanol–water partition coefficient (Wildman–Crippen LogP) is 0.337. The first kappa shape index (κ1) is 19.9. The first-order chi connectivity index (χ1) is 11.1. The van der Waals surface area contributed by atoms with E-state index in [4.69, 9.17) is 23.7 Å². The SMILES string of the molecule is CC(=O)OC[C@H]1OC(OC(C)=O)[C@H](C)C(OC(C)=O)C1OC(C)=O. The van der Waals surface area contributed by atoms with Gasteiger partial charge in [-0.1, -0.05) is 6.92 Å². The molecule has 0 aromatic heterocycles. The number of carbonyl (C=O) groups excluding carboxylic acids is 4. The van der Waals surface area contributed by atoms with Gasteiger partial charge in [-0.2, -0.15) is 0 Å². The van der Waals surface area contributed by atoms with Gasteiger partial charge in [0.05, 0.1) is 5.92 Å². The first-order valence-corrected chi connectivity index (χ1v) is 7.42. The van der Waals surface area contributed by atoms with Crippen LogP contribution in [-0.2, 0) is 42.9 Å². The monoisotopic (exact) mass is 346 g/mol. The van der Waals surface area contributed by atoms with Crippen molar-refractivity contribution in [2.45, 2.75) is 59.2 Å². The number of hydrogen-bond acceptors (Lipinski definition) is 9. The Bertz CT molecular complexity index is 485. The molecule has 136 valence electrons. The highest BCUT2D eigenvalue weighted by Gasteiger charge is 2.49. The fraction of sp³-hybridized carbons (Fsp3) is 0.733. The van der Waals surface area contributed by atoms with Gasteiger partial charge in [-0.15, -0.1) is 0 Å². The molecule has 1 fully saturated rings. The Balaban J connectivity index is 3.08. The molecule has 0 bridgehead atoms. The molecule has 0 aliphatic carbocycles. The maximum Gasteiger partial charge on any atom is 0.304 e. The molecule has 3 unspecified atom stereocenters. The van der Waals surface area contributed by atoms with E-state index >= 15 is 0 Å². The number of rotatable bonds is 5. The van der Waals surface area contributed by atoms with Crippen molar-refractivity contribution in [3.63, 3.8) is 0 Å². The molecule has 1 heterocycles. The fourth-order valence-electron chi connectivity index (χ4n) is 2.37. The van der Waals surface area contributed by atoms with Crippen LogP contribution in [0.3, 0.4) is 0 Å².